The molecule has 1 aromatic rings. The van der Waals surface area contributed by atoms with E-state index in [9.17, 15) is 13.2 Å². The van der Waals surface area contributed by atoms with Crippen LogP contribution < -0.4 is 4.90 Å². The van der Waals surface area contributed by atoms with Crippen LogP contribution in [-0.2, 0) is 6.18 Å². The van der Waals surface area contributed by atoms with Crippen molar-refractivity contribution >= 4 is 22.6 Å². The molecule has 0 atom stereocenters. The molecule has 0 aliphatic carbocycles. The highest BCUT2D eigenvalue weighted by Crippen LogP contribution is 2.34. The minimum Gasteiger partial charge on any atom is -0.311 e. The van der Waals surface area contributed by atoms with E-state index in [2.05, 4.69) is 0 Å². The van der Waals surface area contributed by atoms with E-state index in [4.69, 9.17) is 5.41 Å². The molecule has 0 bridgehead atoms. The Balaban J connectivity index is 2.31. The third kappa shape index (κ3) is 1.94. The highest BCUT2D eigenvalue weighted by Gasteiger charge is 2.32. The standard InChI is InChI=1S/C9H7F3N2S/c10-9(11,12)6-2-1-3-7(4-6)14-5-15-8(14)13/h1-4,13H,5H2. The average molecular weight is 232 g/mol. The number of nitrogens with one attached hydrogen (secondary N) is 1. The second kappa shape index (κ2) is 3.44. The zero-order valence-corrected chi connectivity index (χ0v) is 8.32. The predicted octanol–water partition coefficient (Wildman–Crippen LogP) is 3.15. The molecule has 1 aliphatic rings. The molecule has 15 heavy (non-hydrogen) atoms. The molecule has 0 unspecified atom stereocenters. The molecule has 2 nitrogen and oxygen atoms in total. The molecule has 0 amide bonds. The normalized spacial score (nSPS) is 16.5. The minimum absolute atomic E-state index is 0.286. The van der Waals surface area contributed by atoms with Gasteiger partial charge in [0.1, 0.15) is 0 Å². The van der Waals surface area contributed by atoms with Crippen molar-refractivity contribution in [3.05, 3.63) is 29.8 Å². The molecule has 0 aromatic heterocycles. The molecular weight excluding hydrogens is 225 g/mol. The van der Waals surface area contributed by atoms with Crippen molar-refractivity contribution in [2.75, 3.05) is 10.8 Å². The molecule has 80 valence electrons. The fraction of sp³-hybridized carbons (Fsp3) is 0.222. The fourth-order valence-electron chi connectivity index (χ4n) is 1.24. The SMILES string of the molecule is N=C1SCN1c1cccc(C(F)(F)F)c1. The van der Waals surface area contributed by atoms with Gasteiger partial charge in [-0.05, 0) is 18.2 Å². The first-order chi connectivity index (χ1) is 6.98. The largest absolute Gasteiger partial charge is 0.416 e. The van der Waals surface area contributed by atoms with Crippen molar-refractivity contribution < 1.29 is 13.2 Å². The third-order valence-corrected chi connectivity index (χ3v) is 2.94. The lowest BCUT2D eigenvalue weighted by Gasteiger charge is -2.32. The van der Waals surface area contributed by atoms with Crippen molar-refractivity contribution in [1.82, 2.24) is 0 Å². The summed E-state index contributed by atoms with van der Waals surface area (Å²) in [6.45, 7) is 0. The maximum Gasteiger partial charge on any atom is 0.416 e. The Bertz CT molecular complexity index is 403. The molecule has 1 heterocycles. The van der Waals surface area contributed by atoms with Crippen LogP contribution in [0.4, 0.5) is 18.9 Å². The Kier molecular flexibility index (Phi) is 2.38. The van der Waals surface area contributed by atoms with Gasteiger partial charge in [0.2, 0.25) is 0 Å². The van der Waals surface area contributed by atoms with Crippen LogP contribution >= 0.6 is 11.8 Å². The van der Waals surface area contributed by atoms with E-state index >= 15 is 0 Å². The van der Waals surface area contributed by atoms with Crippen molar-refractivity contribution in [2.24, 2.45) is 0 Å². The Labute approximate surface area is 88.6 Å². The lowest BCUT2D eigenvalue weighted by molar-refractivity contribution is -0.137. The van der Waals surface area contributed by atoms with Gasteiger partial charge in [0.25, 0.3) is 0 Å². The number of amidine groups is 1. The van der Waals surface area contributed by atoms with E-state index in [0.29, 0.717) is 11.6 Å². The Morgan fingerprint density at radius 3 is 2.53 bits per heavy atom. The van der Waals surface area contributed by atoms with Gasteiger partial charge in [-0.1, -0.05) is 17.8 Å². The Morgan fingerprint density at radius 2 is 2.07 bits per heavy atom. The molecule has 0 saturated carbocycles. The highest BCUT2D eigenvalue weighted by atomic mass is 32.2. The quantitative estimate of drug-likeness (QED) is 0.805. The summed E-state index contributed by atoms with van der Waals surface area (Å²) in [4.78, 5) is 1.53. The first kappa shape index (κ1) is 10.4. The molecular formula is C9H7F3N2S. The number of halogens is 3. The number of hydrogen-bond acceptors (Lipinski definition) is 2. The maximum atomic E-state index is 12.4. The van der Waals surface area contributed by atoms with Gasteiger partial charge in [-0.2, -0.15) is 13.2 Å². The van der Waals surface area contributed by atoms with E-state index in [-0.39, 0.29) is 5.17 Å². The number of thioether (sulfide) groups is 1. The van der Waals surface area contributed by atoms with Gasteiger partial charge in [-0.15, -0.1) is 0 Å². The summed E-state index contributed by atoms with van der Waals surface area (Å²) in [5.41, 5.74) is -0.252. The highest BCUT2D eigenvalue weighted by molar-refractivity contribution is 8.16. The molecule has 1 saturated heterocycles. The molecule has 1 aliphatic heterocycles. The van der Waals surface area contributed by atoms with Crippen LogP contribution in [0.15, 0.2) is 24.3 Å². The van der Waals surface area contributed by atoms with Gasteiger partial charge in [-0.25, -0.2) is 0 Å². The summed E-state index contributed by atoms with van der Waals surface area (Å²) in [5.74, 6) is 0.542. The van der Waals surface area contributed by atoms with Crippen molar-refractivity contribution in [2.45, 2.75) is 6.18 Å². The van der Waals surface area contributed by atoms with E-state index in [0.717, 1.165) is 12.1 Å². The molecule has 6 heteroatoms. The van der Waals surface area contributed by atoms with E-state index in [1.807, 2.05) is 0 Å². The Hall–Kier alpha value is -1.17. The predicted molar refractivity (Wildman–Crippen MR) is 54.1 cm³/mol. The van der Waals surface area contributed by atoms with Crippen LogP contribution in [0.25, 0.3) is 0 Å². The van der Waals surface area contributed by atoms with E-state index in [1.54, 1.807) is 6.07 Å². The molecule has 0 radical (unpaired) electrons. The summed E-state index contributed by atoms with van der Waals surface area (Å²) in [5, 5.41) is 7.65. The zero-order valence-electron chi connectivity index (χ0n) is 7.51. The number of alkyl halides is 3. The average Bonchev–Trinajstić information content (AvgIpc) is 2.15. The lowest BCUT2D eigenvalue weighted by Crippen LogP contribution is -2.37. The van der Waals surface area contributed by atoms with Crippen molar-refractivity contribution in [3.63, 3.8) is 0 Å². The number of benzene rings is 1. The number of rotatable bonds is 1. The summed E-state index contributed by atoms with van der Waals surface area (Å²) < 4.78 is 37.1. The van der Waals surface area contributed by atoms with Crippen molar-refractivity contribution in [1.29, 1.82) is 5.41 Å². The van der Waals surface area contributed by atoms with Crippen LogP contribution in [0.5, 0.6) is 0 Å². The van der Waals surface area contributed by atoms with Crippen LogP contribution in [0.1, 0.15) is 5.56 Å². The Morgan fingerprint density at radius 1 is 1.33 bits per heavy atom. The van der Waals surface area contributed by atoms with Gasteiger partial charge in [-0.3, -0.25) is 5.41 Å². The molecule has 2 rings (SSSR count). The van der Waals surface area contributed by atoms with Gasteiger partial charge < -0.3 is 4.90 Å². The summed E-state index contributed by atoms with van der Waals surface area (Å²) in [6.07, 6.45) is -4.32. The summed E-state index contributed by atoms with van der Waals surface area (Å²) in [6, 6.07) is 5.02. The summed E-state index contributed by atoms with van der Waals surface area (Å²) in [7, 11) is 0. The van der Waals surface area contributed by atoms with Gasteiger partial charge in [0, 0.05) is 5.69 Å². The van der Waals surface area contributed by atoms with Crippen LogP contribution in [-0.4, -0.2) is 11.0 Å². The van der Waals surface area contributed by atoms with Crippen LogP contribution in [0.2, 0.25) is 0 Å². The first-order valence-electron chi connectivity index (χ1n) is 4.14. The topological polar surface area (TPSA) is 27.1 Å². The number of anilines is 1. The monoisotopic (exact) mass is 232 g/mol. The van der Waals surface area contributed by atoms with Gasteiger partial charge in [0.15, 0.2) is 5.17 Å². The van der Waals surface area contributed by atoms with Crippen molar-refractivity contribution in [3.8, 4) is 0 Å². The fourth-order valence-corrected chi connectivity index (χ4v) is 1.88. The third-order valence-electron chi connectivity index (χ3n) is 2.06. The van der Waals surface area contributed by atoms with Crippen LogP contribution in [0, 0.1) is 5.41 Å². The number of nitrogens with zero attached hydrogens (tertiary/aromatic N) is 1. The molecule has 1 fully saturated rings. The number of hydrogen-bond donors (Lipinski definition) is 1. The molecule has 1 aromatic carbocycles. The zero-order chi connectivity index (χ0) is 11.1. The van der Waals surface area contributed by atoms with Gasteiger partial charge in [0.05, 0.1) is 11.4 Å². The lowest BCUT2D eigenvalue weighted by atomic mass is 10.2. The maximum absolute atomic E-state index is 12.4. The second-order valence-electron chi connectivity index (χ2n) is 3.05. The smallest absolute Gasteiger partial charge is 0.311 e. The van der Waals surface area contributed by atoms with Gasteiger partial charge >= 0.3 is 6.18 Å². The minimum atomic E-state index is -4.32. The van der Waals surface area contributed by atoms with E-state index in [1.165, 1.54) is 22.7 Å². The first-order valence-corrected chi connectivity index (χ1v) is 5.13. The molecule has 0 spiro atoms. The molecule has 1 N–H and O–H groups in total. The summed E-state index contributed by atoms with van der Waals surface area (Å²) >= 11 is 1.30. The van der Waals surface area contributed by atoms with Crippen LogP contribution in [0.3, 0.4) is 0 Å². The second-order valence-corrected chi connectivity index (χ2v) is 3.99. The van der Waals surface area contributed by atoms with E-state index < -0.39 is 11.7 Å².